The average Bonchev–Trinajstić information content (AvgIpc) is 3.17. The molecule has 1 fully saturated rings. The van der Waals surface area contributed by atoms with Crippen LogP contribution in [0.5, 0.6) is 0 Å². The van der Waals surface area contributed by atoms with Gasteiger partial charge in [-0.15, -0.1) is 10.2 Å². The maximum Gasteiger partial charge on any atom is 0.272 e. The quantitative estimate of drug-likeness (QED) is 0.742. The van der Waals surface area contributed by atoms with Crippen LogP contribution in [0.1, 0.15) is 46.5 Å². The Morgan fingerprint density at radius 2 is 1.96 bits per heavy atom. The van der Waals surface area contributed by atoms with E-state index in [1.807, 2.05) is 42.2 Å². The molecule has 7 nitrogen and oxygen atoms in total. The van der Waals surface area contributed by atoms with Gasteiger partial charge in [0.05, 0.1) is 12.1 Å². The second kappa shape index (κ2) is 6.98. The van der Waals surface area contributed by atoms with E-state index < -0.39 is 0 Å². The van der Waals surface area contributed by atoms with Crippen LogP contribution in [0.2, 0.25) is 0 Å². The second-order valence-corrected chi connectivity index (χ2v) is 7.71. The maximum atomic E-state index is 13.0. The minimum atomic E-state index is 0.0276. The SMILES string of the molecule is Cc1cc(C(=O)N2CCC(c3nnc4n3CCNC4)CC2)nc2ccccc12. The third-order valence-electron chi connectivity index (χ3n) is 5.94. The molecule has 7 heteroatoms. The fraction of sp³-hybridized carbons (Fsp3) is 0.429. The molecule has 2 aliphatic heterocycles. The van der Waals surface area contributed by atoms with Crippen molar-refractivity contribution in [3.05, 3.63) is 53.2 Å². The van der Waals surface area contributed by atoms with E-state index >= 15 is 0 Å². The molecule has 3 aromatic rings. The number of aromatic nitrogens is 4. The van der Waals surface area contributed by atoms with Gasteiger partial charge in [0.25, 0.3) is 5.91 Å². The van der Waals surface area contributed by atoms with Gasteiger partial charge >= 0.3 is 0 Å². The molecule has 1 amide bonds. The molecule has 4 heterocycles. The molecular formula is C21H24N6O. The number of benzene rings is 1. The standard InChI is InChI=1S/C21H24N6O/c1-14-12-18(23-17-5-3-2-4-16(14)17)21(28)26-9-6-15(7-10-26)20-25-24-19-13-22-8-11-27(19)20/h2-5,12,15,22H,6-11,13H2,1H3. The van der Waals surface area contributed by atoms with Gasteiger partial charge in [0.15, 0.2) is 0 Å². The number of hydrogen-bond acceptors (Lipinski definition) is 5. The lowest BCUT2D eigenvalue weighted by Crippen LogP contribution is -2.39. The summed E-state index contributed by atoms with van der Waals surface area (Å²) in [6.45, 7) is 6.18. The molecule has 0 bridgehead atoms. The zero-order valence-corrected chi connectivity index (χ0v) is 16.1. The normalized spacial score (nSPS) is 17.7. The number of carbonyl (C=O) groups excluding carboxylic acids is 1. The first-order chi connectivity index (χ1) is 13.7. The van der Waals surface area contributed by atoms with Crippen LogP contribution in [0.3, 0.4) is 0 Å². The number of para-hydroxylation sites is 1. The minimum absolute atomic E-state index is 0.0276. The van der Waals surface area contributed by atoms with Gasteiger partial charge < -0.3 is 14.8 Å². The summed E-state index contributed by atoms with van der Waals surface area (Å²) >= 11 is 0. The summed E-state index contributed by atoms with van der Waals surface area (Å²) in [5.41, 5.74) is 2.51. The Balaban J connectivity index is 1.32. The molecule has 0 aliphatic carbocycles. The summed E-state index contributed by atoms with van der Waals surface area (Å²) in [5, 5.41) is 13.2. The van der Waals surface area contributed by atoms with E-state index in [4.69, 9.17) is 0 Å². The molecule has 1 N–H and O–H groups in total. The second-order valence-electron chi connectivity index (χ2n) is 7.71. The van der Waals surface area contributed by atoms with Crippen molar-refractivity contribution in [1.82, 2.24) is 30.0 Å². The number of amides is 1. The van der Waals surface area contributed by atoms with Gasteiger partial charge in [-0.25, -0.2) is 4.98 Å². The van der Waals surface area contributed by atoms with Crippen LogP contribution in [-0.4, -0.2) is 50.2 Å². The lowest BCUT2D eigenvalue weighted by Gasteiger charge is -2.32. The van der Waals surface area contributed by atoms with Gasteiger partial charge in [-0.05, 0) is 37.5 Å². The zero-order valence-electron chi connectivity index (χ0n) is 16.1. The lowest BCUT2D eigenvalue weighted by molar-refractivity contribution is 0.0704. The van der Waals surface area contributed by atoms with E-state index in [-0.39, 0.29) is 5.91 Å². The Morgan fingerprint density at radius 3 is 2.82 bits per heavy atom. The fourth-order valence-corrected chi connectivity index (χ4v) is 4.38. The van der Waals surface area contributed by atoms with Crippen molar-refractivity contribution < 1.29 is 4.79 Å². The highest BCUT2D eigenvalue weighted by Gasteiger charge is 2.29. The average molecular weight is 376 g/mol. The Hall–Kier alpha value is -2.80. The van der Waals surface area contributed by atoms with E-state index in [2.05, 4.69) is 25.1 Å². The molecule has 144 valence electrons. The summed E-state index contributed by atoms with van der Waals surface area (Å²) < 4.78 is 2.26. The van der Waals surface area contributed by atoms with E-state index in [9.17, 15) is 4.79 Å². The van der Waals surface area contributed by atoms with Crippen LogP contribution in [0.4, 0.5) is 0 Å². The van der Waals surface area contributed by atoms with E-state index in [0.29, 0.717) is 11.6 Å². The van der Waals surface area contributed by atoms with Gasteiger partial charge in [-0.1, -0.05) is 18.2 Å². The Bertz CT molecular complexity index is 1030. The highest BCUT2D eigenvalue weighted by Crippen LogP contribution is 2.29. The topological polar surface area (TPSA) is 75.9 Å². The molecule has 28 heavy (non-hydrogen) atoms. The van der Waals surface area contributed by atoms with Crippen LogP contribution >= 0.6 is 0 Å². The molecule has 0 saturated carbocycles. The Morgan fingerprint density at radius 1 is 1.14 bits per heavy atom. The molecule has 1 aromatic carbocycles. The minimum Gasteiger partial charge on any atom is -0.337 e. The third-order valence-corrected chi connectivity index (χ3v) is 5.94. The largest absolute Gasteiger partial charge is 0.337 e. The summed E-state index contributed by atoms with van der Waals surface area (Å²) in [7, 11) is 0. The van der Waals surface area contributed by atoms with Crippen molar-refractivity contribution >= 4 is 16.8 Å². The van der Waals surface area contributed by atoms with E-state index in [1.165, 1.54) is 0 Å². The number of pyridine rings is 1. The Labute approximate surface area is 163 Å². The summed E-state index contributed by atoms with van der Waals surface area (Å²) in [6, 6.07) is 9.89. The summed E-state index contributed by atoms with van der Waals surface area (Å²) in [6.07, 6.45) is 1.84. The molecule has 2 aliphatic rings. The highest BCUT2D eigenvalue weighted by atomic mass is 16.2. The number of hydrogen-bond donors (Lipinski definition) is 1. The monoisotopic (exact) mass is 376 g/mol. The predicted molar refractivity (Wildman–Crippen MR) is 106 cm³/mol. The first-order valence-corrected chi connectivity index (χ1v) is 9.99. The smallest absolute Gasteiger partial charge is 0.272 e. The molecule has 0 spiro atoms. The highest BCUT2D eigenvalue weighted by molar-refractivity contribution is 5.96. The van der Waals surface area contributed by atoms with Crippen LogP contribution in [0.25, 0.3) is 10.9 Å². The lowest BCUT2D eigenvalue weighted by atomic mass is 9.95. The van der Waals surface area contributed by atoms with Gasteiger partial charge in [0.2, 0.25) is 0 Å². The number of nitrogens with zero attached hydrogens (tertiary/aromatic N) is 5. The number of carbonyl (C=O) groups is 1. The predicted octanol–water partition coefficient (Wildman–Crippen LogP) is 2.26. The maximum absolute atomic E-state index is 13.0. The van der Waals surface area contributed by atoms with Crippen LogP contribution in [-0.2, 0) is 13.1 Å². The van der Waals surface area contributed by atoms with Crippen LogP contribution in [0.15, 0.2) is 30.3 Å². The first kappa shape index (κ1) is 17.3. The van der Waals surface area contributed by atoms with Crippen molar-refractivity contribution in [2.24, 2.45) is 0 Å². The van der Waals surface area contributed by atoms with Crippen molar-refractivity contribution in [2.75, 3.05) is 19.6 Å². The first-order valence-electron chi connectivity index (χ1n) is 9.99. The molecule has 0 radical (unpaired) electrons. The van der Waals surface area contributed by atoms with E-state index in [1.54, 1.807) is 0 Å². The molecule has 0 unspecified atom stereocenters. The molecule has 1 saturated heterocycles. The number of fused-ring (bicyclic) bond motifs is 2. The summed E-state index contributed by atoms with van der Waals surface area (Å²) in [4.78, 5) is 19.6. The molecular weight excluding hydrogens is 352 g/mol. The van der Waals surface area contributed by atoms with Crippen LogP contribution in [0, 0.1) is 6.92 Å². The van der Waals surface area contributed by atoms with Gasteiger partial charge in [0.1, 0.15) is 17.3 Å². The zero-order chi connectivity index (χ0) is 19.1. The van der Waals surface area contributed by atoms with Gasteiger partial charge in [-0.3, -0.25) is 4.79 Å². The fourth-order valence-electron chi connectivity index (χ4n) is 4.38. The molecule has 5 rings (SSSR count). The number of nitrogens with one attached hydrogen (secondary N) is 1. The number of rotatable bonds is 2. The number of likely N-dealkylation sites (tertiary alicyclic amines) is 1. The number of piperidine rings is 1. The van der Waals surface area contributed by atoms with Gasteiger partial charge in [0, 0.05) is 37.5 Å². The molecule has 2 aromatic heterocycles. The number of aryl methyl sites for hydroxylation is 1. The van der Waals surface area contributed by atoms with Crippen molar-refractivity contribution in [3.8, 4) is 0 Å². The summed E-state index contributed by atoms with van der Waals surface area (Å²) in [5.74, 6) is 2.51. The molecule has 0 atom stereocenters. The van der Waals surface area contributed by atoms with Gasteiger partial charge in [-0.2, -0.15) is 0 Å². The van der Waals surface area contributed by atoms with Crippen molar-refractivity contribution in [2.45, 2.75) is 38.8 Å². The van der Waals surface area contributed by atoms with E-state index in [0.717, 1.165) is 73.7 Å². The van der Waals surface area contributed by atoms with Crippen LogP contribution < -0.4 is 5.32 Å². The Kier molecular flexibility index (Phi) is 4.31. The van der Waals surface area contributed by atoms with Crippen molar-refractivity contribution in [3.63, 3.8) is 0 Å². The van der Waals surface area contributed by atoms with Crippen molar-refractivity contribution in [1.29, 1.82) is 0 Å². The third kappa shape index (κ3) is 2.96.